The molecule has 0 radical (unpaired) electrons. The van der Waals surface area contributed by atoms with Crippen LogP contribution in [0.4, 0.5) is 0 Å². The van der Waals surface area contributed by atoms with Crippen LogP contribution >= 0.6 is 0 Å². The molecule has 1 aliphatic heterocycles. The monoisotopic (exact) mass is 361 g/mol. The topological polar surface area (TPSA) is 80.8 Å². The number of hydrogen-bond donors (Lipinski definition) is 1. The summed E-state index contributed by atoms with van der Waals surface area (Å²) in [6.07, 6.45) is 4.22. The van der Waals surface area contributed by atoms with Crippen molar-refractivity contribution in [1.82, 2.24) is 10.2 Å². The highest BCUT2D eigenvalue weighted by Crippen LogP contribution is 2.32. The summed E-state index contributed by atoms with van der Waals surface area (Å²) >= 11 is 0. The lowest BCUT2D eigenvalue weighted by molar-refractivity contribution is -0.118. The van der Waals surface area contributed by atoms with Gasteiger partial charge in [-0.05, 0) is 57.5 Å². The zero-order valence-electron chi connectivity index (χ0n) is 15.9. The highest BCUT2D eigenvalue weighted by atomic mass is 16.2. The summed E-state index contributed by atoms with van der Waals surface area (Å²) in [5.41, 5.74) is 3.17. The number of nitrogens with one attached hydrogen (secondary N) is 1. The molecule has 6 nitrogen and oxygen atoms in total. The van der Waals surface area contributed by atoms with E-state index < -0.39 is 0 Å². The van der Waals surface area contributed by atoms with Crippen LogP contribution in [0.15, 0.2) is 57.5 Å². The standard InChI is InChI=1S/C21H23N5O/c1-13-10-18(17-7-5-6-15(11-17)12-22)25-20(26(13)4)19(23-3)21(27)24-14(2)16-8-9-16/h5-7,10-11,14,16H,3,8-9H2,1-2,4H3,(H,24,27)/b20-19-/t14-/m0/s1. The number of amides is 1. The Bertz CT molecular complexity index is 915. The van der Waals surface area contributed by atoms with Crippen LogP contribution in [0.3, 0.4) is 0 Å². The highest BCUT2D eigenvalue weighted by Gasteiger charge is 2.30. The van der Waals surface area contributed by atoms with E-state index in [-0.39, 0.29) is 17.6 Å². The first-order valence-corrected chi connectivity index (χ1v) is 8.97. The van der Waals surface area contributed by atoms with Gasteiger partial charge in [-0.15, -0.1) is 0 Å². The summed E-state index contributed by atoms with van der Waals surface area (Å²) in [7, 11) is 1.84. The van der Waals surface area contributed by atoms with E-state index in [4.69, 9.17) is 5.26 Å². The number of aliphatic imine (C=N–C) groups is 2. The van der Waals surface area contributed by atoms with E-state index in [2.05, 4.69) is 28.1 Å². The molecule has 1 heterocycles. The summed E-state index contributed by atoms with van der Waals surface area (Å²) in [6.45, 7) is 7.53. The van der Waals surface area contributed by atoms with Crippen LogP contribution in [0.25, 0.3) is 0 Å². The van der Waals surface area contributed by atoms with Gasteiger partial charge in [0.2, 0.25) is 0 Å². The van der Waals surface area contributed by atoms with Gasteiger partial charge in [0.15, 0.2) is 11.5 Å². The first-order valence-electron chi connectivity index (χ1n) is 8.97. The molecular formula is C21H23N5O. The lowest BCUT2D eigenvalue weighted by Crippen LogP contribution is -2.36. The first kappa shape index (κ1) is 18.6. The number of nitrogens with zero attached hydrogens (tertiary/aromatic N) is 4. The van der Waals surface area contributed by atoms with E-state index >= 15 is 0 Å². The largest absolute Gasteiger partial charge is 0.348 e. The van der Waals surface area contributed by atoms with E-state index in [1.165, 1.54) is 0 Å². The van der Waals surface area contributed by atoms with Gasteiger partial charge in [-0.3, -0.25) is 9.79 Å². The van der Waals surface area contributed by atoms with Crippen molar-refractivity contribution >= 4 is 18.3 Å². The Balaban J connectivity index is 2.00. The predicted octanol–water partition coefficient (Wildman–Crippen LogP) is 2.98. The summed E-state index contributed by atoms with van der Waals surface area (Å²) in [4.78, 5) is 23.2. The van der Waals surface area contributed by atoms with Crippen molar-refractivity contribution in [3.8, 4) is 6.07 Å². The van der Waals surface area contributed by atoms with E-state index in [1.54, 1.807) is 12.1 Å². The van der Waals surface area contributed by atoms with Crippen LogP contribution in [-0.2, 0) is 4.79 Å². The molecule has 1 aromatic carbocycles. The summed E-state index contributed by atoms with van der Waals surface area (Å²) in [6, 6.07) is 9.48. The summed E-state index contributed by atoms with van der Waals surface area (Å²) in [5.74, 6) is 0.723. The minimum absolute atomic E-state index is 0.108. The van der Waals surface area contributed by atoms with Crippen LogP contribution in [-0.4, -0.2) is 36.3 Å². The van der Waals surface area contributed by atoms with Crippen molar-refractivity contribution in [3.05, 3.63) is 58.7 Å². The second-order valence-electron chi connectivity index (χ2n) is 6.96. The SMILES string of the molecule is C=N/C(C(=O)N[C@@H](C)C1CC1)=C1/N=C(c2cccc(C#N)c2)C=C(C)N1C. The molecule has 6 heteroatoms. The lowest BCUT2D eigenvalue weighted by atomic mass is 10.0. The third kappa shape index (κ3) is 3.98. The Morgan fingerprint density at radius 1 is 1.48 bits per heavy atom. The molecule has 1 amide bonds. The second kappa shape index (κ2) is 7.58. The maximum absolute atomic E-state index is 12.8. The number of allylic oxidation sites excluding steroid dienone is 2. The maximum atomic E-state index is 12.8. The van der Waals surface area contributed by atoms with Gasteiger partial charge in [-0.25, -0.2) is 4.99 Å². The molecule has 1 fully saturated rings. The minimum atomic E-state index is -0.269. The van der Waals surface area contributed by atoms with E-state index in [1.807, 2.05) is 44.0 Å². The molecule has 1 saturated carbocycles. The number of rotatable bonds is 5. The van der Waals surface area contributed by atoms with Gasteiger partial charge < -0.3 is 10.2 Å². The van der Waals surface area contributed by atoms with Crippen LogP contribution in [0.2, 0.25) is 0 Å². The zero-order valence-corrected chi connectivity index (χ0v) is 15.9. The summed E-state index contributed by atoms with van der Waals surface area (Å²) < 4.78 is 0. The molecule has 1 aliphatic carbocycles. The van der Waals surface area contributed by atoms with E-state index in [0.29, 0.717) is 23.0 Å². The molecule has 2 aliphatic rings. The Morgan fingerprint density at radius 3 is 2.85 bits per heavy atom. The van der Waals surface area contributed by atoms with E-state index in [0.717, 1.165) is 24.1 Å². The molecule has 3 rings (SSSR count). The van der Waals surface area contributed by atoms with Gasteiger partial charge in [-0.2, -0.15) is 5.26 Å². The molecule has 27 heavy (non-hydrogen) atoms. The fraction of sp³-hybridized carbons (Fsp3) is 0.333. The minimum Gasteiger partial charge on any atom is -0.348 e. The summed E-state index contributed by atoms with van der Waals surface area (Å²) in [5, 5.41) is 12.1. The van der Waals surface area contributed by atoms with Gasteiger partial charge in [-0.1, -0.05) is 12.1 Å². The molecule has 0 saturated heterocycles. The number of benzene rings is 1. The molecule has 1 aromatic rings. The molecule has 0 bridgehead atoms. The first-order chi connectivity index (χ1) is 12.9. The van der Waals surface area contributed by atoms with Crippen LogP contribution in [0, 0.1) is 17.2 Å². The number of carbonyl (C=O) groups is 1. The Kier molecular flexibility index (Phi) is 5.22. The van der Waals surface area contributed by atoms with Crippen molar-refractivity contribution in [3.63, 3.8) is 0 Å². The smallest absolute Gasteiger partial charge is 0.273 e. The van der Waals surface area contributed by atoms with Gasteiger partial charge in [0.1, 0.15) is 0 Å². The zero-order chi connectivity index (χ0) is 19.6. The molecule has 138 valence electrons. The van der Waals surface area contributed by atoms with Gasteiger partial charge in [0.25, 0.3) is 5.91 Å². The number of hydrogen-bond acceptors (Lipinski definition) is 5. The van der Waals surface area contributed by atoms with Crippen LogP contribution in [0.1, 0.15) is 37.8 Å². The molecular weight excluding hydrogens is 338 g/mol. The fourth-order valence-electron chi connectivity index (χ4n) is 3.02. The third-order valence-corrected chi connectivity index (χ3v) is 4.98. The quantitative estimate of drug-likeness (QED) is 0.647. The third-order valence-electron chi connectivity index (χ3n) is 4.98. The number of nitriles is 1. The average Bonchev–Trinajstić information content (AvgIpc) is 3.51. The molecule has 1 N–H and O–H groups in total. The van der Waals surface area contributed by atoms with Crippen molar-refractivity contribution in [2.45, 2.75) is 32.7 Å². The van der Waals surface area contributed by atoms with Crippen molar-refractivity contribution in [1.29, 1.82) is 5.26 Å². The molecule has 0 spiro atoms. The molecule has 0 unspecified atom stereocenters. The van der Waals surface area contributed by atoms with Crippen LogP contribution in [0.5, 0.6) is 0 Å². The Labute approximate surface area is 159 Å². The van der Waals surface area contributed by atoms with Gasteiger partial charge in [0.05, 0.1) is 17.3 Å². The average molecular weight is 361 g/mol. The second-order valence-corrected chi connectivity index (χ2v) is 6.96. The highest BCUT2D eigenvalue weighted by molar-refractivity contribution is 6.10. The Morgan fingerprint density at radius 2 is 2.22 bits per heavy atom. The molecule has 1 atom stereocenters. The van der Waals surface area contributed by atoms with Gasteiger partial charge >= 0.3 is 0 Å². The fourth-order valence-corrected chi connectivity index (χ4v) is 3.02. The van der Waals surface area contributed by atoms with Crippen molar-refractivity contribution in [2.24, 2.45) is 15.9 Å². The van der Waals surface area contributed by atoms with E-state index in [9.17, 15) is 4.79 Å². The maximum Gasteiger partial charge on any atom is 0.273 e. The number of carbonyl (C=O) groups excluding carboxylic acids is 1. The van der Waals surface area contributed by atoms with Crippen molar-refractivity contribution < 1.29 is 4.79 Å². The van der Waals surface area contributed by atoms with Gasteiger partial charge in [0, 0.05) is 24.4 Å². The predicted molar refractivity (Wildman–Crippen MR) is 106 cm³/mol. The molecule has 0 aromatic heterocycles. The Hall–Kier alpha value is -3.20. The lowest BCUT2D eigenvalue weighted by Gasteiger charge is -2.26. The van der Waals surface area contributed by atoms with Crippen molar-refractivity contribution in [2.75, 3.05) is 7.05 Å². The van der Waals surface area contributed by atoms with Crippen LogP contribution < -0.4 is 5.32 Å². The normalized spacial score (nSPS) is 19.4.